The maximum absolute atomic E-state index is 9.84. The van der Waals surface area contributed by atoms with Crippen LogP contribution in [-0.4, -0.2) is 57.8 Å². The van der Waals surface area contributed by atoms with Gasteiger partial charge in [0, 0.05) is 6.42 Å². The molecule has 1 aliphatic rings. The SMILES string of the molecule is C[Si](C)[C@]1(n2cnc3c(N)ncnc32)C[C@H](OC(C)(C)C)[C@@H](CO)O1. The van der Waals surface area contributed by atoms with Crippen molar-refractivity contribution in [3.63, 3.8) is 0 Å². The van der Waals surface area contributed by atoms with E-state index in [9.17, 15) is 5.11 Å². The number of aliphatic hydroxyl groups is 1. The molecular weight excluding hydrogens is 338 g/mol. The van der Waals surface area contributed by atoms with Crippen LogP contribution in [0.15, 0.2) is 12.7 Å². The molecule has 1 aliphatic heterocycles. The fourth-order valence-corrected chi connectivity index (χ4v) is 4.98. The molecule has 2 aromatic rings. The Hall–Kier alpha value is -1.55. The highest BCUT2D eigenvalue weighted by Gasteiger charge is 2.52. The zero-order valence-corrected chi connectivity index (χ0v) is 16.4. The van der Waals surface area contributed by atoms with Crippen molar-refractivity contribution in [3.8, 4) is 0 Å². The highest BCUT2D eigenvalue weighted by molar-refractivity contribution is 6.58. The number of imidazole rings is 1. The summed E-state index contributed by atoms with van der Waals surface area (Å²) in [6, 6.07) is 0. The second-order valence-corrected chi connectivity index (χ2v) is 10.4. The number of ether oxygens (including phenoxy) is 2. The molecule has 3 rings (SSSR count). The van der Waals surface area contributed by atoms with Crippen molar-refractivity contribution in [2.24, 2.45) is 0 Å². The molecule has 0 spiro atoms. The Balaban J connectivity index is 2.07. The lowest BCUT2D eigenvalue weighted by molar-refractivity contribution is -0.112. The van der Waals surface area contributed by atoms with Gasteiger partial charge in [-0.2, -0.15) is 0 Å². The number of anilines is 1. The van der Waals surface area contributed by atoms with Gasteiger partial charge >= 0.3 is 0 Å². The lowest BCUT2D eigenvalue weighted by Gasteiger charge is -2.34. The van der Waals surface area contributed by atoms with Gasteiger partial charge in [-0.25, -0.2) is 15.0 Å². The zero-order valence-electron chi connectivity index (χ0n) is 15.4. The van der Waals surface area contributed by atoms with E-state index in [4.69, 9.17) is 15.2 Å². The largest absolute Gasteiger partial charge is 0.394 e. The number of fused-ring (bicyclic) bond motifs is 1. The molecule has 137 valence electrons. The van der Waals surface area contributed by atoms with Gasteiger partial charge in [-0.1, -0.05) is 13.1 Å². The van der Waals surface area contributed by atoms with E-state index in [-0.39, 0.29) is 18.3 Å². The van der Waals surface area contributed by atoms with Crippen LogP contribution < -0.4 is 5.73 Å². The molecule has 0 aliphatic carbocycles. The molecule has 25 heavy (non-hydrogen) atoms. The number of hydrogen-bond donors (Lipinski definition) is 2. The molecule has 0 aromatic carbocycles. The molecule has 0 saturated carbocycles. The average molecular weight is 365 g/mol. The third-order valence-corrected chi connectivity index (χ3v) is 6.58. The highest BCUT2D eigenvalue weighted by atomic mass is 28.3. The summed E-state index contributed by atoms with van der Waals surface area (Å²) in [6.07, 6.45) is 3.17. The normalized spacial score (nSPS) is 27.5. The lowest BCUT2D eigenvalue weighted by Crippen LogP contribution is -2.45. The predicted octanol–water partition coefficient (Wildman–Crippen LogP) is 1.32. The monoisotopic (exact) mass is 364 g/mol. The van der Waals surface area contributed by atoms with Crippen LogP contribution in [0.25, 0.3) is 11.2 Å². The van der Waals surface area contributed by atoms with E-state index in [1.807, 2.05) is 25.3 Å². The van der Waals surface area contributed by atoms with Crippen LogP contribution in [0.1, 0.15) is 27.2 Å². The number of nitrogen functional groups attached to an aromatic ring is 1. The fraction of sp³-hybridized carbons (Fsp3) is 0.688. The minimum atomic E-state index is -1.02. The fourth-order valence-electron chi connectivity index (χ4n) is 3.34. The summed E-state index contributed by atoms with van der Waals surface area (Å²) in [5.41, 5.74) is 6.81. The van der Waals surface area contributed by atoms with E-state index in [0.29, 0.717) is 23.4 Å². The first kappa shape index (κ1) is 18.2. The predicted molar refractivity (Wildman–Crippen MR) is 96.4 cm³/mol. The second-order valence-electron chi connectivity index (χ2n) is 7.64. The number of nitrogens with two attached hydrogens (primary N) is 1. The Morgan fingerprint density at radius 1 is 1.40 bits per heavy atom. The summed E-state index contributed by atoms with van der Waals surface area (Å²) in [5.74, 6) is 0.346. The topological polar surface area (TPSA) is 108 Å². The average Bonchev–Trinajstić information content (AvgIpc) is 3.08. The molecule has 1 radical (unpaired) electrons. The van der Waals surface area contributed by atoms with Crippen LogP contribution >= 0.6 is 0 Å². The Labute approximate surface area is 149 Å². The van der Waals surface area contributed by atoms with Gasteiger partial charge < -0.3 is 20.3 Å². The van der Waals surface area contributed by atoms with E-state index in [1.54, 1.807) is 6.33 Å². The molecular formula is C16H26N5O3Si. The van der Waals surface area contributed by atoms with Crippen molar-refractivity contribution in [1.82, 2.24) is 19.5 Å². The van der Waals surface area contributed by atoms with Gasteiger partial charge in [-0.05, 0) is 20.8 Å². The summed E-state index contributed by atoms with van der Waals surface area (Å²) < 4.78 is 14.5. The second kappa shape index (κ2) is 6.31. The molecule has 2 aromatic heterocycles. The van der Waals surface area contributed by atoms with Crippen molar-refractivity contribution in [1.29, 1.82) is 0 Å². The van der Waals surface area contributed by atoms with Crippen LogP contribution in [0.2, 0.25) is 13.1 Å². The molecule has 3 N–H and O–H groups in total. The third kappa shape index (κ3) is 3.17. The van der Waals surface area contributed by atoms with Crippen LogP contribution in [0.5, 0.6) is 0 Å². The summed E-state index contributed by atoms with van der Waals surface area (Å²) in [7, 11) is -1.02. The van der Waals surface area contributed by atoms with Crippen molar-refractivity contribution < 1.29 is 14.6 Å². The van der Waals surface area contributed by atoms with Gasteiger partial charge in [0.25, 0.3) is 0 Å². The number of nitrogens with zero attached hydrogens (tertiary/aromatic N) is 4. The van der Waals surface area contributed by atoms with Crippen molar-refractivity contribution in [3.05, 3.63) is 12.7 Å². The van der Waals surface area contributed by atoms with Crippen molar-refractivity contribution >= 4 is 25.8 Å². The number of hydrogen-bond acceptors (Lipinski definition) is 7. The molecule has 1 fully saturated rings. The Bertz CT molecular complexity index is 760. The summed E-state index contributed by atoms with van der Waals surface area (Å²) >= 11 is 0. The van der Waals surface area contributed by atoms with E-state index < -0.39 is 20.2 Å². The van der Waals surface area contributed by atoms with Crippen LogP contribution in [0.3, 0.4) is 0 Å². The van der Waals surface area contributed by atoms with Gasteiger partial charge in [0.1, 0.15) is 32.1 Å². The minimum Gasteiger partial charge on any atom is -0.394 e. The van der Waals surface area contributed by atoms with E-state index in [2.05, 4.69) is 28.0 Å². The van der Waals surface area contributed by atoms with Crippen LogP contribution in [0.4, 0.5) is 5.82 Å². The summed E-state index contributed by atoms with van der Waals surface area (Å²) in [5, 5.41) is 9.22. The van der Waals surface area contributed by atoms with E-state index >= 15 is 0 Å². The maximum atomic E-state index is 9.84. The Kier molecular flexibility index (Phi) is 4.61. The first-order valence-corrected chi connectivity index (χ1v) is 10.9. The molecule has 3 heterocycles. The van der Waals surface area contributed by atoms with E-state index in [1.165, 1.54) is 6.33 Å². The van der Waals surface area contributed by atoms with Crippen LogP contribution in [0, 0.1) is 0 Å². The molecule has 9 heteroatoms. The smallest absolute Gasteiger partial charge is 0.167 e. The molecule has 0 amide bonds. The van der Waals surface area contributed by atoms with Crippen molar-refractivity contribution in [2.45, 2.75) is 63.4 Å². The quantitative estimate of drug-likeness (QED) is 0.788. The van der Waals surface area contributed by atoms with Gasteiger partial charge in [0.15, 0.2) is 11.5 Å². The summed E-state index contributed by atoms with van der Waals surface area (Å²) in [4.78, 5) is 12.8. The first-order chi connectivity index (χ1) is 11.7. The van der Waals surface area contributed by atoms with Gasteiger partial charge in [-0.15, -0.1) is 0 Å². The lowest BCUT2D eigenvalue weighted by atomic mass is 10.1. The summed E-state index contributed by atoms with van der Waals surface area (Å²) in [6.45, 7) is 10.3. The standard InChI is InChI=1S/C16H26N5O3Si/c1-15(2,3)23-10-6-16(25(4)5,24-11(10)7-22)21-9-20-12-13(17)18-8-19-14(12)21/h8-11,22H,6-7H2,1-5H3,(H2,17,18,19)/t10-,11+,16-/m0/s1. The molecule has 3 atom stereocenters. The number of aliphatic hydroxyl groups excluding tert-OH is 1. The number of aromatic nitrogens is 4. The molecule has 0 unspecified atom stereocenters. The van der Waals surface area contributed by atoms with Gasteiger partial charge in [0.2, 0.25) is 0 Å². The number of rotatable bonds is 4. The zero-order chi connectivity index (χ0) is 18.4. The highest BCUT2D eigenvalue weighted by Crippen LogP contribution is 2.41. The Morgan fingerprint density at radius 2 is 2.12 bits per heavy atom. The molecule has 0 bridgehead atoms. The minimum absolute atomic E-state index is 0.0958. The van der Waals surface area contributed by atoms with Gasteiger partial charge in [-0.3, -0.25) is 4.57 Å². The first-order valence-electron chi connectivity index (χ1n) is 8.39. The van der Waals surface area contributed by atoms with E-state index in [0.717, 1.165) is 0 Å². The maximum Gasteiger partial charge on any atom is 0.167 e. The Morgan fingerprint density at radius 3 is 2.72 bits per heavy atom. The van der Waals surface area contributed by atoms with Crippen LogP contribution in [-0.2, 0) is 14.8 Å². The molecule has 1 saturated heterocycles. The van der Waals surface area contributed by atoms with Crippen molar-refractivity contribution in [2.75, 3.05) is 12.3 Å². The van der Waals surface area contributed by atoms with Gasteiger partial charge in [0.05, 0.1) is 24.6 Å². The third-order valence-electron chi connectivity index (χ3n) is 4.46. The molecule has 8 nitrogen and oxygen atoms in total.